The highest BCUT2D eigenvalue weighted by Gasteiger charge is 2.36. The Hall–Kier alpha value is -1.01. The van der Waals surface area contributed by atoms with Crippen molar-refractivity contribution >= 4 is 41.0 Å². The van der Waals surface area contributed by atoms with Gasteiger partial charge in [-0.05, 0) is 12.8 Å². The monoisotopic (exact) mass is 467 g/mol. The van der Waals surface area contributed by atoms with Crippen molar-refractivity contribution in [1.29, 1.82) is 0 Å². The fraction of sp³-hybridized carbons (Fsp3) is 0.864. The minimum atomic E-state index is -1.76. The zero-order valence-corrected chi connectivity index (χ0v) is 19.8. The molecule has 1 unspecified atom stereocenters. The molecule has 0 aromatic carbocycles. The topological polar surface area (TPSA) is 104 Å². The SMILES string of the molecule is CCCCCCCCCCCCCCCCC(Cl)(Cl)C(=O)NC(CC(=O)O)C(=O)O. The highest BCUT2D eigenvalue weighted by molar-refractivity contribution is 6.58. The lowest BCUT2D eigenvalue weighted by Crippen LogP contribution is -2.48. The maximum Gasteiger partial charge on any atom is 0.326 e. The number of amides is 1. The molecule has 0 aliphatic rings. The molecule has 30 heavy (non-hydrogen) atoms. The van der Waals surface area contributed by atoms with Gasteiger partial charge < -0.3 is 15.5 Å². The zero-order chi connectivity index (χ0) is 22.8. The Labute approximate surface area is 191 Å². The molecule has 1 amide bonds. The van der Waals surface area contributed by atoms with Crippen molar-refractivity contribution in [3.05, 3.63) is 0 Å². The van der Waals surface area contributed by atoms with Crippen LogP contribution in [0, 0.1) is 0 Å². The van der Waals surface area contributed by atoms with E-state index in [2.05, 4.69) is 12.2 Å². The molecule has 3 N–H and O–H groups in total. The van der Waals surface area contributed by atoms with Gasteiger partial charge in [0, 0.05) is 0 Å². The fourth-order valence-electron chi connectivity index (χ4n) is 3.29. The Kier molecular flexibility index (Phi) is 17.1. The molecule has 176 valence electrons. The van der Waals surface area contributed by atoms with Gasteiger partial charge in [-0.2, -0.15) is 0 Å². The van der Waals surface area contributed by atoms with E-state index >= 15 is 0 Å². The van der Waals surface area contributed by atoms with Gasteiger partial charge in [0.25, 0.3) is 5.91 Å². The van der Waals surface area contributed by atoms with E-state index in [0.717, 1.165) is 19.3 Å². The van der Waals surface area contributed by atoms with Gasteiger partial charge in [0.2, 0.25) is 0 Å². The van der Waals surface area contributed by atoms with Gasteiger partial charge >= 0.3 is 11.9 Å². The number of halogens is 2. The highest BCUT2D eigenvalue weighted by Crippen LogP contribution is 2.29. The molecule has 1 atom stereocenters. The second kappa shape index (κ2) is 17.6. The summed E-state index contributed by atoms with van der Waals surface area (Å²) in [4.78, 5) is 33.8. The van der Waals surface area contributed by atoms with Crippen LogP contribution < -0.4 is 5.32 Å². The minimum Gasteiger partial charge on any atom is -0.481 e. The van der Waals surface area contributed by atoms with Crippen LogP contribution in [-0.4, -0.2) is 38.4 Å². The number of nitrogens with one attached hydrogen (secondary N) is 1. The van der Waals surface area contributed by atoms with E-state index in [0.29, 0.717) is 6.42 Å². The van der Waals surface area contributed by atoms with Crippen LogP contribution in [0.4, 0.5) is 0 Å². The summed E-state index contributed by atoms with van der Waals surface area (Å²) >= 11 is 12.1. The summed E-state index contributed by atoms with van der Waals surface area (Å²) in [6.45, 7) is 2.24. The molecule has 0 heterocycles. The van der Waals surface area contributed by atoms with Crippen LogP contribution in [0.15, 0.2) is 0 Å². The summed E-state index contributed by atoms with van der Waals surface area (Å²) < 4.78 is -1.76. The van der Waals surface area contributed by atoms with Gasteiger partial charge in [-0.1, -0.05) is 114 Å². The lowest BCUT2D eigenvalue weighted by molar-refractivity contribution is -0.147. The number of alkyl halides is 2. The van der Waals surface area contributed by atoms with E-state index in [1.807, 2.05) is 0 Å². The second-order valence-electron chi connectivity index (χ2n) is 8.01. The second-order valence-corrected chi connectivity index (χ2v) is 9.50. The Morgan fingerprint density at radius 1 is 0.767 bits per heavy atom. The van der Waals surface area contributed by atoms with Gasteiger partial charge in [-0.25, -0.2) is 4.79 Å². The van der Waals surface area contributed by atoms with Crippen molar-refractivity contribution in [2.45, 2.75) is 120 Å². The predicted octanol–water partition coefficient (Wildman–Crippen LogP) is 6.08. The smallest absolute Gasteiger partial charge is 0.326 e. The summed E-state index contributed by atoms with van der Waals surface area (Å²) in [6, 6.07) is -1.55. The molecule has 0 rings (SSSR count). The van der Waals surface area contributed by atoms with Gasteiger partial charge in [0.15, 0.2) is 4.33 Å². The standard InChI is InChI=1S/C22H39Cl2NO5/c1-2-3-4-5-6-7-8-9-10-11-12-13-14-15-16-22(23,24)21(30)25-18(20(28)29)17-19(26)27/h18H,2-17H2,1H3,(H,25,30)(H,26,27)(H,28,29). The summed E-state index contributed by atoms with van der Waals surface area (Å²) in [6.07, 6.45) is 16.3. The Morgan fingerprint density at radius 2 is 1.17 bits per heavy atom. The van der Waals surface area contributed by atoms with Crippen LogP contribution in [0.1, 0.15) is 110 Å². The number of rotatable bonds is 20. The maximum atomic E-state index is 12.1. The van der Waals surface area contributed by atoms with E-state index in [9.17, 15) is 14.4 Å². The number of carbonyl (C=O) groups is 3. The zero-order valence-electron chi connectivity index (χ0n) is 18.3. The van der Waals surface area contributed by atoms with Gasteiger partial charge in [-0.3, -0.25) is 9.59 Å². The third-order valence-corrected chi connectivity index (χ3v) is 5.88. The summed E-state index contributed by atoms with van der Waals surface area (Å²) in [5, 5.41) is 19.8. The third kappa shape index (κ3) is 15.8. The third-order valence-electron chi connectivity index (χ3n) is 5.16. The van der Waals surface area contributed by atoms with Gasteiger partial charge in [0.05, 0.1) is 6.42 Å². The first-order valence-corrected chi connectivity index (χ1v) is 12.1. The van der Waals surface area contributed by atoms with Crippen molar-refractivity contribution in [3.63, 3.8) is 0 Å². The largest absolute Gasteiger partial charge is 0.481 e. The molecular formula is C22H39Cl2NO5. The van der Waals surface area contributed by atoms with E-state index in [-0.39, 0.29) is 6.42 Å². The summed E-state index contributed by atoms with van der Waals surface area (Å²) in [5.41, 5.74) is 0. The number of carboxylic acid groups (broad SMARTS) is 2. The summed E-state index contributed by atoms with van der Waals surface area (Å²) in [7, 11) is 0. The normalized spacial score (nSPS) is 12.5. The van der Waals surface area contributed by atoms with Crippen molar-refractivity contribution in [3.8, 4) is 0 Å². The summed E-state index contributed by atoms with van der Waals surface area (Å²) in [5.74, 6) is -3.63. The average molecular weight is 468 g/mol. The molecular weight excluding hydrogens is 429 g/mol. The number of hydrogen-bond donors (Lipinski definition) is 3. The molecule has 0 spiro atoms. The number of unbranched alkanes of at least 4 members (excludes halogenated alkanes) is 13. The number of hydrogen-bond acceptors (Lipinski definition) is 3. The van der Waals surface area contributed by atoms with Crippen LogP contribution in [-0.2, 0) is 14.4 Å². The van der Waals surface area contributed by atoms with E-state index in [1.54, 1.807) is 0 Å². The number of carbonyl (C=O) groups excluding carboxylic acids is 1. The molecule has 0 aromatic rings. The first-order valence-electron chi connectivity index (χ1n) is 11.3. The first kappa shape index (κ1) is 29.0. The average Bonchev–Trinajstić information content (AvgIpc) is 2.67. The minimum absolute atomic E-state index is 0.194. The predicted molar refractivity (Wildman–Crippen MR) is 121 cm³/mol. The molecule has 6 nitrogen and oxygen atoms in total. The molecule has 8 heteroatoms. The number of carboxylic acids is 2. The van der Waals surface area contributed by atoms with Crippen LogP contribution in [0.25, 0.3) is 0 Å². The van der Waals surface area contributed by atoms with E-state index < -0.39 is 34.6 Å². The van der Waals surface area contributed by atoms with Crippen molar-refractivity contribution in [1.82, 2.24) is 5.32 Å². The fourth-order valence-corrected chi connectivity index (χ4v) is 3.67. The quantitative estimate of drug-likeness (QED) is 0.148. The lowest BCUT2D eigenvalue weighted by Gasteiger charge is -2.21. The molecule has 0 saturated heterocycles. The molecule has 0 aliphatic carbocycles. The van der Waals surface area contributed by atoms with Crippen LogP contribution in [0.2, 0.25) is 0 Å². The highest BCUT2D eigenvalue weighted by atomic mass is 35.5. The van der Waals surface area contributed by atoms with Gasteiger partial charge in [-0.15, -0.1) is 0 Å². The van der Waals surface area contributed by atoms with Crippen LogP contribution in [0.5, 0.6) is 0 Å². The lowest BCUT2D eigenvalue weighted by atomic mass is 10.0. The number of aliphatic carboxylic acids is 2. The van der Waals surface area contributed by atoms with Crippen LogP contribution in [0.3, 0.4) is 0 Å². The van der Waals surface area contributed by atoms with Crippen molar-refractivity contribution in [2.24, 2.45) is 0 Å². The van der Waals surface area contributed by atoms with Crippen LogP contribution >= 0.6 is 23.2 Å². The Morgan fingerprint density at radius 3 is 1.53 bits per heavy atom. The Balaban J connectivity index is 3.77. The van der Waals surface area contributed by atoms with E-state index in [4.69, 9.17) is 33.4 Å². The molecule has 0 aromatic heterocycles. The van der Waals surface area contributed by atoms with E-state index in [1.165, 1.54) is 64.2 Å². The van der Waals surface area contributed by atoms with Gasteiger partial charge in [0.1, 0.15) is 6.04 Å². The molecule has 0 fully saturated rings. The molecule has 0 radical (unpaired) electrons. The van der Waals surface area contributed by atoms with Crippen molar-refractivity contribution < 1.29 is 24.6 Å². The molecule has 0 bridgehead atoms. The van der Waals surface area contributed by atoms with Crippen molar-refractivity contribution in [2.75, 3.05) is 0 Å². The maximum absolute atomic E-state index is 12.1. The first-order chi connectivity index (χ1) is 14.2. The molecule has 0 aliphatic heterocycles. The molecule has 0 saturated carbocycles. The Bertz CT molecular complexity index is 500.